The number of aromatic nitrogens is 3. The van der Waals surface area contributed by atoms with E-state index >= 15 is 0 Å². The van der Waals surface area contributed by atoms with Gasteiger partial charge < -0.3 is 19.9 Å². The summed E-state index contributed by atoms with van der Waals surface area (Å²) in [7, 11) is 0. The minimum absolute atomic E-state index is 0.00332. The summed E-state index contributed by atoms with van der Waals surface area (Å²) in [5.41, 5.74) is 5.46. The Balaban J connectivity index is 1.12. The van der Waals surface area contributed by atoms with Crippen molar-refractivity contribution in [3.05, 3.63) is 131 Å². The maximum atomic E-state index is 12.7. The molecule has 1 amide bonds. The van der Waals surface area contributed by atoms with Crippen molar-refractivity contribution in [2.45, 2.75) is 43.1 Å². The van der Waals surface area contributed by atoms with Gasteiger partial charge in [-0.25, -0.2) is 9.97 Å². The molecular formula is C33H30N4O4S. The molecule has 0 saturated carbocycles. The number of thioether (sulfide) groups is 1. The predicted molar refractivity (Wildman–Crippen MR) is 161 cm³/mol. The highest BCUT2D eigenvalue weighted by Gasteiger charge is 2.32. The molecule has 3 atom stereocenters. The molecular weight excluding hydrogens is 548 g/mol. The fourth-order valence-corrected chi connectivity index (χ4v) is 5.65. The summed E-state index contributed by atoms with van der Waals surface area (Å²) >= 11 is 1.66. The van der Waals surface area contributed by atoms with Crippen LogP contribution in [0.5, 0.6) is 0 Å². The van der Waals surface area contributed by atoms with E-state index in [1.165, 1.54) is 6.20 Å². The van der Waals surface area contributed by atoms with Crippen LogP contribution in [0.2, 0.25) is 0 Å². The van der Waals surface area contributed by atoms with Gasteiger partial charge in [0.15, 0.2) is 6.29 Å². The number of para-hydroxylation sites is 2. The zero-order valence-corrected chi connectivity index (χ0v) is 23.6. The third-order valence-corrected chi connectivity index (χ3v) is 8.13. The second-order valence-corrected chi connectivity index (χ2v) is 11.0. The van der Waals surface area contributed by atoms with E-state index in [2.05, 4.69) is 20.3 Å². The van der Waals surface area contributed by atoms with Gasteiger partial charge in [-0.15, -0.1) is 11.8 Å². The average molecular weight is 579 g/mol. The van der Waals surface area contributed by atoms with Crippen molar-refractivity contribution in [1.29, 1.82) is 0 Å². The quantitative estimate of drug-likeness (QED) is 0.212. The van der Waals surface area contributed by atoms with Crippen LogP contribution in [0.4, 0.5) is 0 Å². The molecule has 6 rings (SSSR count). The molecule has 8 nitrogen and oxygen atoms in total. The molecule has 212 valence electrons. The lowest BCUT2D eigenvalue weighted by atomic mass is 10.0. The number of hydrogen-bond acceptors (Lipinski definition) is 8. The van der Waals surface area contributed by atoms with Crippen molar-refractivity contribution in [2.24, 2.45) is 0 Å². The lowest BCUT2D eigenvalue weighted by molar-refractivity contribution is -0.245. The van der Waals surface area contributed by atoms with Gasteiger partial charge in [0, 0.05) is 30.5 Å². The van der Waals surface area contributed by atoms with Gasteiger partial charge in [0.25, 0.3) is 5.91 Å². The van der Waals surface area contributed by atoms with Crippen LogP contribution in [0, 0.1) is 0 Å². The number of ether oxygens (including phenoxy) is 2. The third-order valence-electron chi connectivity index (χ3n) is 7.06. The van der Waals surface area contributed by atoms with Crippen LogP contribution >= 0.6 is 11.8 Å². The lowest BCUT2D eigenvalue weighted by Gasteiger charge is -2.36. The lowest BCUT2D eigenvalue weighted by Crippen LogP contribution is -2.31. The number of aliphatic hydroxyl groups is 1. The molecule has 9 heteroatoms. The monoisotopic (exact) mass is 578 g/mol. The normalized spacial score (nSPS) is 18.5. The number of nitrogens with zero attached hydrogens (tertiary/aromatic N) is 3. The van der Waals surface area contributed by atoms with Gasteiger partial charge >= 0.3 is 0 Å². The third kappa shape index (κ3) is 6.83. The number of rotatable bonds is 9. The standard InChI is InChI=1S/C33H30N4O4S/c38-20-23-10-12-24(13-11-23)30-17-26(21-42-31-7-3-4-16-34-31)40-33(41-30)25-14-8-22(9-15-25)18-36-32(39)29-19-35-27-5-1-2-6-28(27)37-29/h1-16,19,26,30,33,38H,17-18,20-21H2,(H,36,39)/t26-,30+,33+/m1/s1. The largest absolute Gasteiger partial charge is 0.392 e. The van der Waals surface area contributed by atoms with Crippen LogP contribution in [0.1, 0.15) is 51.6 Å². The minimum Gasteiger partial charge on any atom is -0.392 e. The van der Waals surface area contributed by atoms with E-state index in [4.69, 9.17) is 9.47 Å². The number of carbonyl (C=O) groups excluding carboxylic acids is 1. The van der Waals surface area contributed by atoms with Gasteiger partial charge in [-0.1, -0.05) is 66.7 Å². The second kappa shape index (κ2) is 13.2. The van der Waals surface area contributed by atoms with Crippen LogP contribution in [0.15, 0.2) is 108 Å². The fraction of sp³-hybridized carbons (Fsp3) is 0.212. The Kier molecular flexibility index (Phi) is 8.81. The molecule has 1 saturated heterocycles. The molecule has 42 heavy (non-hydrogen) atoms. The maximum absolute atomic E-state index is 12.7. The van der Waals surface area contributed by atoms with E-state index < -0.39 is 6.29 Å². The Morgan fingerprint density at radius 1 is 0.857 bits per heavy atom. The molecule has 0 aliphatic carbocycles. The van der Waals surface area contributed by atoms with Gasteiger partial charge in [0.1, 0.15) is 5.69 Å². The first-order valence-electron chi connectivity index (χ1n) is 13.8. The van der Waals surface area contributed by atoms with Gasteiger partial charge in [-0.2, -0.15) is 0 Å². The molecule has 3 aromatic carbocycles. The number of amides is 1. The number of nitrogens with one attached hydrogen (secondary N) is 1. The molecule has 0 spiro atoms. The Hall–Kier alpha value is -4.15. The SMILES string of the molecule is O=C(NCc1ccc([C@H]2O[C@@H](CSc3ccccn3)C[C@@H](c3ccc(CO)cc3)O2)cc1)c1cnc2ccccc2n1. The maximum Gasteiger partial charge on any atom is 0.271 e. The minimum atomic E-state index is -0.549. The van der Waals surface area contributed by atoms with E-state index in [1.54, 1.807) is 18.0 Å². The zero-order valence-electron chi connectivity index (χ0n) is 22.8. The zero-order chi connectivity index (χ0) is 28.7. The van der Waals surface area contributed by atoms with Crippen molar-refractivity contribution in [1.82, 2.24) is 20.3 Å². The summed E-state index contributed by atoms with van der Waals surface area (Å²) < 4.78 is 12.9. The van der Waals surface area contributed by atoms with Crippen molar-refractivity contribution < 1.29 is 19.4 Å². The van der Waals surface area contributed by atoms with Gasteiger partial charge in [0.05, 0.1) is 41.1 Å². The van der Waals surface area contributed by atoms with Crippen LogP contribution in [-0.2, 0) is 22.6 Å². The first-order chi connectivity index (χ1) is 20.6. The first kappa shape index (κ1) is 28.0. The van der Waals surface area contributed by atoms with Gasteiger partial charge in [-0.05, 0) is 41.0 Å². The van der Waals surface area contributed by atoms with Crippen molar-refractivity contribution in [2.75, 3.05) is 5.75 Å². The summed E-state index contributed by atoms with van der Waals surface area (Å²) in [5.74, 6) is 0.462. The van der Waals surface area contributed by atoms with E-state index in [0.717, 1.165) is 38.5 Å². The van der Waals surface area contributed by atoms with Crippen molar-refractivity contribution >= 4 is 28.7 Å². The van der Waals surface area contributed by atoms with Crippen LogP contribution in [0.3, 0.4) is 0 Å². The van der Waals surface area contributed by atoms with E-state index in [9.17, 15) is 9.90 Å². The topological polar surface area (TPSA) is 106 Å². The second-order valence-electron chi connectivity index (χ2n) is 10.00. The highest BCUT2D eigenvalue weighted by atomic mass is 32.2. The summed E-state index contributed by atoms with van der Waals surface area (Å²) in [4.78, 5) is 25.9. The van der Waals surface area contributed by atoms with Crippen molar-refractivity contribution in [3.8, 4) is 0 Å². The summed E-state index contributed by atoms with van der Waals surface area (Å²) in [5, 5.41) is 13.3. The molecule has 5 aromatic rings. The highest BCUT2D eigenvalue weighted by molar-refractivity contribution is 7.99. The summed E-state index contributed by atoms with van der Waals surface area (Å²) in [6.07, 6.45) is 3.23. The molecule has 0 bridgehead atoms. The van der Waals surface area contributed by atoms with E-state index in [1.807, 2.05) is 91.0 Å². The Morgan fingerprint density at radius 2 is 1.60 bits per heavy atom. The van der Waals surface area contributed by atoms with Gasteiger partial charge in [-0.3, -0.25) is 9.78 Å². The molecule has 3 heterocycles. The van der Waals surface area contributed by atoms with E-state index in [0.29, 0.717) is 18.5 Å². The fourth-order valence-electron chi connectivity index (χ4n) is 4.77. The Labute approximate surface area is 248 Å². The van der Waals surface area contributed by atoms with Crippen molar-refractivity contribution in [3.63, 3.8) is 0 Å². The number of fused-ring (bicyclic) bond motifs is 1. The molecule has 2 N–H and O–H groups in total. The molecule has 1 aliphatic rings. The molecule has 1 fully saturated rings. The number of pyridine rings is 1. The summed E-state index contributed by atoms with van der Waals surface area (Å²) in [6.45, 7) is 0.354. The Morgan fingerprint density at radius 3 is 2.36 bits per heavy atom. The first-order valence-corrected chi connectivity index (χ1v) is 14.8. The van der Waals surface area contributed by atoms with Crippen LogP contribution in [-0.4, -0.2) is 37.8 Å². The van der Waals surface area contributed by atoms with Crippen LogP contribution in [0.25, 0.3) is 11.0 Å². The molecule has 2 aromatic heterocycles. The molecule has 0 unspecified atom stereocenters. The number of benzene rings is 3. The Bertz CT molecular complexity index is 1630. The highest BCUT2D eigenvalue weighted by Crippen LogP contribution is 2.39. The number of carbonyl (C=O) groups is 1. The van der Waals surface area contributed by atoms with E-state index in [-0.39, 0.29) is 30.4 Å². The smallest absolute Gasteiger partial charge is 0.271 e. The van der Waals surface area contributed by atoms with Gasteiger partial charge in [0.2, 0.25) is 0 Å². The number of aliphatic hydroxyl groups excluding tert-OH is 1. The average Bonchev–Trinajstić information content (AvgIpc) is 3.06. The molecule has 0 radical (unpaired) electrons. The summed E-state index contributed by atoms with van der Waals surface area (Å²) in [6, 6.07) is 29.1. The van der Waals surface area contributed by atoms with Crippen LogP contribution < -0.4 is 5.32 Å². The predicted octanol–water partition coefficient (Wildman–Crippen LogP) is 5.78. The molecule has 1 aliphatic heterocycles. The number of hydrogen-bond donors (Lipinski definition) is 2.